The van der Waals surface area contributed by atoms with Crippen molar-refractivity contribution in [2.45, 2.75) is 38.3 Å². The third kappa shape index (κ3) is 6.70. The molecule has 1 aromatic heterocycles. The summed E-state index contributed by atoms with van der Waals surface area (Å²) in [5.74, 6) is -0.699. The van der Waals surface area contributed by atoms with E-state index in [9.17, 15) is 22.8 Å². The van der Waals surface area contributed by atoms with Gasteiger partial charge < -0.3 is 15.4 Å². The summed E-state index contributed by atoms with van der Waals surface area (Å²) in [6.07, 6.45) is 2.62. The topological polar surface area (TPSA) is 80.3 Å². The van der Waals surface area contributed by atoms with Crippen molar-refractivity contribution >= 4 is 23.4 Å². The fraction of sp³-hybridized carbons (Fsp3) is 0.409. The molecule has 1 heterocycles. The van der Waals surface area contributed by atoms with Gasteiger partial charge in [0.05, 0.1) is 5.56 Å². The zero-order chi connectivity index (χ0) is 22.3. The molecule has 31 heavy (non-hydrogen) atoms. The van der Waals surface area contributed by atoms with Crippen LogP contribution in [-0.2, 0) is 15.7 Å². The monoisotopic (exact) mass is 435 g/mol. The van der Waals surface area contributed by atoms with Crippen LogP contribution in [0.25, 0.3) is 0 Å². The zero-order valence-corrected chi connectivity index (χ0v) is 16.9. The smallest absolute Gasteiger partial charge is 0.416 e. The first-order valence-corrected chi connectivity index (χ1v) is 10.2. The Hall–Kier alpha value is -3.10. The van der Waals surface area contributed by atoms with Crippen molar-refractivity contribution < 1.29 is 27.5 Å². The normalized spacial score (nSPS) is 14.7. The van der Waals surface area contributed by atoms with Gasteiger partial charge in [-0.15, -0.1) is 0 Å². The number of benzene rings is 1. The third-order valence-electron chi connectivity index (χ3n) is 5.13. The van der Waals surface area contributed by atoms with Crippen molar-refractivity contribution in [3.8, 4) is 0 Å². The van der Waals surface area contributed by atoms with Crippen molar-refractivity contribution in [3.63, 3.8) is 0 Å². The number of nitrogens with zero attached hydrogens (tertiary/aromatic N) is 1. The highest BCUT2D eigenvalue weighted by Gasteiger charge is 2.30. The van der Waals surface area contributed by atoms with E-state index in [1.807, 2.05) is 0 Å². The van der Waals surface area contributed by atoms with E-state index in [-0.39, 0.29) is 17.1 Å². The molecule has 166 valence electrons. The van der Waals surface area contributed by atoms with Crippen LogP contribution in [-0.4, -0.2) is 30.0 Å². The summed E-state index contributed by atoms with van der Waals surface area (Å²) >= 11 is 0. The lowest BCUT2D eigenvalue weighted by Gasteiger charge is -2.21. The fourth-order valence-electron chi connectivity index (χ4n) is 3.49. The average Bonchev–Trinajstić information content (AvgIpc) is 2.77. The number of amides is 1. The largest absolute Gasteiger partial charge is 0.452 e. The van der Waals surface area contributed by atoms with E-state index in [2.05, 4.69) is 15.6 Å². The standard InChI is InChI=1S/C22H24F3N3O3/c23-22(24,25)16-8-4-9-17(12-16)28-20-18(10-5-11-26-20)21(30)31-14-19(29)27-13-15-6-2-1-3-7-15/h4-5,8-12,15H,1-3,6-7,13-14H2,(H,26,28)(H,27,29). The van der Waals surface area contributed by atoms with Gasteiger partial charge in [-0.25, -0.2) is 9.78 Å². The lowest BCUT2D eigenvalue weighted by molar-refractivity contribution is -0.137. The van der Waals surface area contributed by atoms with E-state index in [1.165, 1.54) is 36.9 Å². The minimum Gasteiger partial charge on any atom is -0.452 e. The SMILES string of the molecule is O=C(COC(=O)c1cccnc1Nc1cccc(C(F)(F)F)c1)NCC1CCCCC1. The van der Waals surface area contributed by atoms with Crippen LogP contribution < -0.4 is 10.6 Å². The Kier molecular flexibility index (Phi) is 7.49. The number of hydrogen-bond acceptors (Lipinski definition) is 5. The quantitative estimate of drug-likeness (QED) is 0.617. The molecule has 0 unspecified atom stereocenters. The Balaban J connectivity index is 1.58. The summed E-state index contributed by atoms with van der Waals surface area (Å²) in [4.78, 5) is 28.5. The van der Waals surface area contributed by atoms with Gasteiger partial charge >= 0.3 is 12.1 Å². The summed E-state index contributed by atoms with van der Waals surface area (Å²) in [5, 5.41) is 5.49. The van der Waals surface area contributed by atoms with E-state index in [4.69, 9.17) is 4.74 Å². The first-order valence-electron chi connectivity index (χ1n) is 10.2. The molecule has 1 fully saturated rings. The summed E-state index contributed by atoms with van der Waals surface area (Å²) in [6.45, 7) is 0.120. The molecule has 0 atom stereocenters. The van der Waals surface area contributed by atoms with Gasteiger partial charge in [-0.2, -0.15) is 13.2 Å². The number of alkyl halides is 3. The Morgan fingerprint density at radius 1 is 1.10 bits per heavy atom. The maximum absolute atomic E-state index is 12.9. The summed E-state index contributed by atoms with van der Waals surface area (Å²) in [5.41, 5.74) is -0.694. The molecule has 9 heteroatoms. The zero-order valence-electron chi connectivity index (χ0n) is 16.9. The molecular weight excluding hydrogens is 411 g/mol. The number of rotatable bonds is 7. The van der Waals surface area contributed by atoms with Crippen molar-refractivity contribution in [3.05, 3.63) is 53.7 Å². The molecule has 3 rings (SSSR count). The van der Waals surface area contributed by atoms with Crippen LogP contribution in [0.4, 0.5) is 24.7 Å². The molecule has 2 aromatic rings. The lowest BCUT2D eigenvalue weighted by atomic mass is 9.89. The number of anilines is 2. The molecule has 0 spiro atoms. The van der Waals surface area contributed by atoms with Crippen LogP contribution in [0.3, 0.4) is 0 Å². The lowest BCUT2D eigenvalue weighted by Crippen LogP contribution is -2.33. The number of halogens is 3. The Morgan fingerprint density at radius 2 is 1.87 bits per heavy atom. The minimum absolute atomic E-state index is 0.0139. The van der Waals surface area contributed by atoms with E-state index in [0.717, 1.165) is 37.8 Å². The van der Waals surface area contributed by atoms with Crippen LogP contribution in [0, 0.1) is 5.92 Å². The molecule has 1 aliphatic carbocycles. The van der Waals surface area contributed by atoms with Gasteiger partial charge in [-0.05, 0) is 49.1 Å². The summed E-state index contributed by atoms with van der Waals surface area (Å²) in [7, 11) is 0. The van der Waals surface area contributed by atoms with Gasteiger partial charge in [-0.3, -0.25) is 4.79 Å². The molecule has 1 aromatic carbocycles. The number of hydrogen-bond donors (Lipinski definition) is 2. The van der Waals surface area contributed by atoms with E-state index in [0.29, 0.717) is 12.5 Å². The number of esters is 1. The second kappa shape index (κ2) is 10.3. The molecule has 2 N–H and O–H groups in total. The maximum atomic E-state index is 12.9. The summed E-state index contributed by atoms with van der Waals surface area (Å²) in [6, 6.07) is 7.47. The van der Waals surface area contributed by atoms with Crippen LogP contribution in [0.2, 0.25) is 0 Å². The van der Waals surface area contributed by atoms with Gasteiger partial charge in [0.25, 0.3) is 5.91 Å². The summed E-state index contributed by atoms with van der Waals surface area (Å²) < 4.78 is 43.8. The van der Waals surface area contributed by atoms with Crippen LogP contribution in [0.5, 0.6) is 0 Å². The highest BCUT2D eigenvalue weighted by molar-refractivity contribution is 5.96. The first kappa shape index (κ1) is 22.6. The molecule has 0 radical (unpaired) electrons. The van der Waals surface area contributed by atoms with Crippen LogP contribution in [0.1, 0.15) is 48.0 Å². The molecule has 0 saturated heterocycles. The van der Waals surface area contributed by atoms with Crippen molar-refractivity contribution in [2.24, 2.45) is 5.92 Å². The number of carbonyl (C=O) groups is 2. The molecule has 1 aliphatic rings. The van der Waals surface area contributed by atoms with Crippen LogP contribution in [0.15, 0.2) is 42.6 Å². The molecule has 0 bridgehead atoms. The highest BCUT2D eigenvalue weighted by atomic mass is 19.4. The number of nitrogens with one attached hydrogen (secondary N) is 2. The second-order valence-corrected chi connectivity index (χ2v) is 7.49. The van der Waals surface area contributed by atoms with E-state index < -0.39 is 30.2 Å². The predicted molar refractivity (Wildman–Crippen MR) is 109 cm³/mol. The van der Waals surface area contributed by atoms with Gasteiger partial charge in [0.2, 0.25) is 0 Å². The Labute approximate surface area is 178 Å². The van der Waals surface area contributed by atoms with E-state index >= 15 is 0 Å². The number of ether oxygens (including phenoxy) is 1. The van der Waals surface area contributed by atoms with Gasteiger partial charge in [0, 0.05) is 18.4 Å². The van der Waals surface area contributed by atoms with Gasteiger partial charge in [-0.1, -0.05) is 25.3 Å². The second-order valence-electron chi connectivity index (χ2n) is 7.49. The van der Waals surface area contributed by atoms with Gasteiger partial charge in [0.15, 0.2) is 6.61 Å². The van der Waals surface area contributed by atoms with Crippen molar-refractivity contribution in [1.29, 1.82) is 0 Å². The Bertz CT molecular complexity index is 912. The average molecular weight is 435 g/mol. The van der Waals surface area contributed by atoms with E-state index in [1.54, 1.807) is 0 Å². The molecule has 6 nitrogen and oxygen atoms in total. The van der Waals surface area contributed by atoms with Crippen LogP contribution >= 0.6 is 0 Å². The molecular formula is C22H24F3N3O3. The molecule has 1 amide bonds. The molecule has 1 saturated carbocycles. The third-order valence-corrected chi connectivity index (χ3v) is 5.13. The maximum Gasteiger partial charge on any atom is 0.416 e. The highest BCUT2D eigenvalue weighted by Crippen LogP contribution is 2.31. The molecule has 0 aliphatic heterocycles. The minimum atomic E-state index is -4.49. The first-order chi connectivity index (χ1) is 14.8. The fourth-order valence-corrected chi connectivity index (χ4v) is 3.49. The Morgan fingerprint density at radius 3 is 2.61 bits per heavy atom. The van der Waals surface area contributed by atoms with Crippen molar-refractivity contribution in [1.82, 2.24) is 10.3 Å². The number of carbonyl (C=O) groups excluding carboxylic acids is 2. The predicted octanol–water partition coefficient (Wildman–Crippen LogP) is 4.70. The number of aromatic nitrogens is 1. The number of pyridine rings is 1. The van der Waals surface area contributed by atoms with Gasteiger partial charge in [0.1, 0.15) is 11.4 Å². The van der Waals surface area contributed by atoms with Crippen molar-refractivity contribution in [2.75, 3.05) is 18.5 Å².